The van der Waals surface area contributed by atoms with Gasteiger partial charge in [0.1, 0.15) is 48.0 Å². The molecule has 0 saturated carbocycles. The Bertz CT molecular complexity index is 2400. The predicted molar refractivity (Wildman–Crippen MR) is 333 cm³/mol. The van der Waals surface area contributed by atoms with Crippen LogP contribution in [0.2, 0.25) is 0 Å². The molecule has 0 radical (unpaired) electrons. The number of unbranched alkanes of at least 4 members (excludes halogenated alkanes) is 4. The van der Waals surface area contributed by atoms with Gasteiger partial charge >= 0.3 is 0 Å². The van der Waals surface area contributed by atoms with Gasteiger partial charge in [0.25, 0.3) is 5.91 Å². The van der Waals surface area contributed by atoms with Crippen molar-refractivity contribution in [3.63, 3.8) is 0 Å². The highest BCUT2D eigenvalue weighted by Crippen LogP contribution is 2.21. The molecule has 1 aliphatic heterocycles. The molecule has 504 valence electrons. The number of amides is 10. The first-order chi connectivity index (χ1) is 42.5. The van der Waals surface area contributed by atoms with E-state index in [1.54, 1.807) is 13.8 Å². The lowest BCUT2D eigenvalue weighted by Gasteiger charge is -2.30. The average molecular weight is 1260 g/mol. The Hall–Kier alpha value is -7.40. The Morgan fingerprint density at radius 3 is 1.85 bits per heavy atom. The second-order valence-electron chi connectivity index (χ2n) is 22.4. The van der Waals surface area contributed by atoms with Gasteiger partial charge < -0.3 is 114 Å². The molecule has 9 atom stereocenters. The van der Waals surface area contributed by atoms with Crippen LogP contribution in [0.1, 0.15) is 129 Å². The molecular formula is C56H104N22O11. The van der Waals surface area contributed by atoms with E-state index in [1.165, 1.54) is 23.5 Å². The maximum absolute atomic E-state index is 14.5. The summed E-state index contributed by atoms with van der Waals surface area (Å²) < 4.78 is 0. The summed E-state index contributed by atoms with van der Waals surface area (Å²) in [5.41, 5.74) is 45.9. The Labute approximate surface area is 521 Å². The van der Waals surface area contributed by atoms with E-state index in [2.05, 4.69) is 63.1 Å². The fraction of sp³-hybridized carbons (Fsp3) is 0.714. The van der Waals surface area contributed by atoms with Crippen LogP contribution in [0.25, 0.3) is 0 Å². The van der Waals surface area contributed by atoms with Gasteiger partial charge in [-0.1, -0.05) is 26.3 Å². The largest absolute Gasteiger partial charge is 0.389 e. The lowest BCUT2D eigenvalue weighted by atomic mass is 10.0. The van der Waals surface area contributed by atoms with E-state index in [4.69, 9.17) is 51.3 Å². The van der Waals surface area contributed by atoms with Crippen molar-refractivity contribution in [2.45, 2.75) is 184 Å². The Morgan fingerprint density at radius 2 is 1.26 bits per heavy atom. The molecule has 0 aliphatic carbocycles. The number of aromatic amines is 1. The fourth-order valence-corrected chi connectivity index (χ4v) is 9.53. The molecule has 1 aliphatic rings. The zero-order valence-corrected chi connectivity index (χ0v) is 51.8. The number of imidazole rings is 1. The molecule has 29 N–H and O–H groups in total. The Balaban J connectivity index is 2.38. The molecule has 89 heavy (non-hydrogen) atoms. The number of aliphatic hydroxyl groups excluding tert-OH is 1. The maximum atomic E-state index is 14.5. The summed E-state index contributed by atoms with van der Waals surface area (Å²) >= 11 is 0. The van der Waals surface area contributed by atoms with E-state index in [-0.39, 0.29) is 102 Å². The smallest absolute Gasteiger partial charge is 0.268 e. The van der Waals surface area contributed by atoms with Crippen molar-refractivity contribution in [1.82, 2.24) is 68.0 Å². The van der Waals surface area contributed by atoms with Gasteiger partial charge in [-0.3, -0.25) is 53.4 Å². The number of aromatic nitrogens is 2. The number of nitrogens with two attached hydrogens (primary N) is 8. The third kappa shape index (κ3) is 30.1. The normalized spacial score (nSPS) is 15.8. The number of guanidine groups is 1. The first kappa shape index (κ1) is 77.7. The predicted octanol–water partition coefficient (Wildman–Crippen LogP) is -6.48. The van der Waals surface area contributed by atoms with Crippen molar-refractivity contribution >= 4 is 65.0 Å². The quantitative estimate of drug-likeness (QED) is 0.0125. The van der Waals surface area contributed by atoms with E-state index in [0.717, 1.165) is 0 Å². The molecule has 1 aromatic heterocycles. The van der Waals surface area contributed by atoms with Gasteiger partial charge in [0.05, 0.1) is 25.0 Å². The lowest BCUT2D eigenvalue weighted by molar-refractivity contribution is -0.142. The highest BCUT2D eigenvalue weighted by Gasteiger charge is 2.40. The first-order valence-electron chi connectivity index (χ1n) is 30.9. The van der Waals surface area contributed by atoms with Gasteiger partial charge in [0.2, 0.25) is 53.2 Å². The van der Waals surface area contributed by atoms with Gasteiger partial charge in [-0.05, 0) is 141 Å². The number of aliphatic hydroxyl groups is 1. The topological polar surface area (TPSA) is 575 Å². The molecule has 1 fully saturated rings. The van der Waals surface area contributed by atoms with Gasteiger partial charge in [0, 0.05) is 44.5 Å². The van der Waals surface area contributed by atoms with Gasteiger partial charge in [-0.25, -0.2) is 4.98 Å². The van der Waals surface area contributed by atoms with Crippen LogP contribution in [-0.4, -0.2) is 205 Å². The molecule has 0 aromatic carbocycles. The van der Waals surface area contributed by atoms with Crippen LogP contribution in [0.4, 0.5) is 0 Å². The number of likely N-dealkylation sites (tertiary alicyclic amines) is 1. The van der Waals surface area contributed by atoms with Crippen molar-refractivity contribution in [1.29, 1.82) is 5.41 Å². The summed E-state index contributed by atoms with van der Waals surface area (Å²) in [7, 11) is 0. The summed E-state index contributed by atoms with van der Waals surface area (Å²) in [6.07, 6.45) is 8.27. The van der Waals surface area contributed by atoms with Crippen molar-refractivity contribution in [3.05, 3.63) is 30.0 Å². The number of nitrogens with zero attached hydrogens (tertiary/aromatic N) is 2. The number of H-pyrrole nitrogens is 1. The van der Waals surface area contributed by atoms with Crippen LogP contribution >= 0.6 is 0 Å². The highest BCUT2D eigenvalue weighted by molar-refractivity contribution is 6.02. The first-order valence-corrected chi connectivity index (χ1v) is 30.9. The van der Waals surface area contributed by atoms with E-state index in [0.29, 0.717) is 89.7 Å². The summed E-state index contributed by atoms with van der Waals surface area (Å²) in [6.45, 7) is 4.54. The third-order valence-electron chi connectivity index (χ3n) is 14.4. The third-order valence-corrected chi connectivity index (χ3v) is 14.4. The molecule has 10 amide bonds. The molecule has 33 nitrogen and oxygen atoms in total. The minimum absolute atomic E-state index is 0.0288. The number of nitrogens with one attached hydrogen (secondary N) is 12. The zero-order valence-electron chi connectivity index (χ0n) is 51.8. The number of hydrogen-bond acceptors (Lipinski definition) is 20. The zero-order chi connectivity index (χ0) is 66.3. The molecule has 2 rings (SSSR count). The van der Waals surface area contributed by atoms with Crippen molar-refractivity contribution in [3.8, 4) is 0 Å². The number of carbonyl (C=O) groups excluding carboxylic acids is 10. The molecule has 0 spiro atoms. The van der Waals surface area contributed by atoms with Crippen molar-refractivity contribution in [2.75, 3.05) is 65.4 Å². The Morgan fingerprint density at radius 1 is 0.663 bits per heavy atom. The fourth-order valence-electron chi connectivity index (χ4n) is 9.53. The molecule has 33 heteroatoms. The summed E-state index contributed by atoms with van der Waals surface area (Å²) in [4.78, 5) is 147. The molecule has 0 bridgehead atoms. The SMILES string of the molecule is CC(C)CC(NC(=O)[C@@H](NC(=O)C(N)CCCCN)[C@@H](O)CN)C(=O)NCC(=O)N[C@H](CCCN)C(=O)N1CCC[C@H]1C(=O)NC(Cc1cnc[nH]1)C(=O)N[C@@H](CCCCN)C(=O)N/C(=C\CCNC(=N)N)C(=O)N[C@@H](CCCCN)C(=O)NCCCCN. The van der Waals surface area contributed by atoms with Gasteiger partial charge in [-0.2, -0.15) is 0 Å². The molecule has 1 aromatic rings. The number of carbonyl (C=O) groups is 10. The minimum Gasteiger partial charge on any atom is -0.389 e. The van der Waals surface area contributed by atoms with E-state index < -0.39 is 127 Å². The van der Waals surface area contributed by atoms with E-state index in [9.17, 15) is 53.1 Å². The molecule has 3 unspecified atom stereocenters. The van der Waals surface area contributed by atoms with Gasteiger partial charge in [0.15, 0.2) is 5.96 Å². The lowest BCUT2D eigenvalue weighted by Crippen LogP contribution is -2.61. The van der Waals surface area contributed by atoms with Crippen LogP contribution in [0.3, 0.4) is 0 Å². The van der Waals surface area contributed by atoms with Crippen molar-refractivity contribution in [2.24, 2.45) is 51.8 Å². The summed E-state index contributed by atoms with van der Waals surface area (Å²) in [5, 5.41) is 44.6. The highest BCUT2D eigenvalue weighted by atomic mass is 16.3. The van der Waals surface area contributed by atoms with Crippen LogP contribution in [0.5, 0.6) is 0 Å². The minimum atomic E-state index is -1.58. The summed E-state index contributed by atoms with van der Waals surface area (Å²) in [6, 6.07) is -9.96. The number of hydrogen-bond donors (Lipinski definition) is 21. The number of rotatable bonds is 46. The van der Waals surface area contributed by atoms with Crippen molar-refractivity contribution < 1.29 is 53.1 Å². The van der Waals surface area contributed by atoms with Crippen LogP contribution < -0.4 is 99.0 Å². The van der Waals surface area contributed by atoms with Gasteiger partial charge in [-0.15, -0.1) is 0 Å². The van der Waals surface area contributed by atoms with E-state index >= 15 is 0 Å². The molecule has 2 heterocycles. The van der Waals surface area contributed by atoms with E-state index in [1.807, 2.05) is 0 Å². The average Bonchev–Trinajstić information content (AvgIpc) is 2.37. The second-order valence-corrected chi connectivity index (χ2v) is 22.4. The Kier molecular flexibility index (Phi) is 38.5. The molecular weight excluding hydrogens is 1160 g/mol. The maximum Gasteiger partial charge on any atom is 0.268 e. The standard InChI is InChI=1S/C56H104N22O11/c1-34(2)28-41(76-54(88)46(44(79)30-62)77-47(81)36(63)14-3-6-20-57)49(83)69-32-45(80)71-40(17-11-24-61)55(89)78-27-13-19-43(78)53(87)75-42(29-35-31-66-33-70-35)52(86)74-38(16-5-8-22-59)50(84)73-39(18-12-26-68-56(64)65)51(85)72-37(15-4-7-21-58)48(82)67-25-10-9-23-60/h18,31,33-34,36-38,40-44,46,79H,3-17,19-30,32,57-63H2,1-2H3,(H,66,70)(H,67,82)(H,69,83)(H,71,80)(H,72,85)(H,73,84)(H,74,86)(H,75,87)(H,76,88)(H,77,81)(H4,64,65,68)/b39-18-/t36?,37-,38-,40+,41?,42?,43-,44-,46-/m0/s1. The van der Waals surface area contributed by atoms with Crippen LogP contribution in [-0.2, 0) is 54.4 Å². The summed E-state index contributed by atoms with van der Waals surface area (Å²) in [5.74, 6) is -8.03. The van der Waals surface area contributed by atoms with Crippen LogP contribution in [0, 0.1) is 11.3 Å². The second kappa shape index (κ2) is 44.1. The molecule has 1 saturated heterocycles. The van der Waals surface area contributed by atoms with Crippen LogP contribution in [0.15, 0.2) is 24.3 Å². The monoisotopic (exact) mass is 1260 g/mol.